The van der Waals surface area contributed by atoms with Crippen molar-refractivity contribution in [2.24, 2.45) is 5.92 Å². The number of hydrogen-bond donors (Lipinski definition) is 1. The number of carbonyl (C=O) groups excluding carboxylic acids is 1. The van der Waals surface area contributed by atoms with E-state index in [1.165, 1.54) is 0 Å². The number of halogens is 1. The van der Waals surface area contributed by atoms with E-state index >= 15 is 0 Å². The fourth-order valence-electron chi connectivity index (χ4n) is 2.16. The Bertz CT molecular complexity index is 590. The Morgan fingerprint density at radius 3 is 2.24 bits per heavy atom. The molecule has 0 heterocycles. The van der Waals surface area contributed by atoms with E-state index in [-0.39, 0.29) is 23.7 Å². The van der Waals surface area contributed by atoms with E-state index in [1.807, 2.05) is 24.3 Å². The normalized spacial score (nSPS) is 13.5. The predicted octanol–water partition coefficient (Wildman–Crippen LogP) is 4.91. The van der Waals surface area contributed by atoms with Crippen LogP contribution in [0.3, 0.4) is 0 Å². The average molecular weight is 476 g/mol. The molecule has 0 bridgehead atoms. The highest BCUT2D eigenvalue weighted by Gasteiger charge is 2.37. The average Bonchev–Trinajstić information content (AvgIpc) is 2.49. The van der Waals surface area contributed by atoms with Crippen molar-refractivity contribution >= 4 is 42.7 Å². The molecule has 1 unspecified atom stereocenters. The van der Waals surface area contributed by atoms with E-state index in [0.29, 0.717) is 13.0 Å². The molecule has 0 aliphatic carbocycles. The highest BCUT2D eigenvalue weighted by Crippen LogP contribution is 2.36. The van der Waals surface area contributed by atoms with Crippen LogP contribution in [0.2, 0.25) is 18.1 Å². The van der Waals surface area contributed by atoms with Gasteiger partial charge in [0, 0.05) is 16.6 Å². The van der Waals surface area contributed by atoms with Gasteiger partial charge in [-0.15, -0.1) is 0 Å². The maximum Gasteiger partial charge on any atom is 0.314 e. The molecule has 0 aromatic heterocycles. The number of ketones is 1. The van der Waals surface area contributed by atoms with E-state index in [4.69, 9.17) is 4.43 Å². The van der Waals surface area contributed by atoms with Gasteiger partial charge < -0.3 is 9.53 Å². The molecule has 0 radical (unpaired) electrons. The van der Waals surface area contributed by atoms with Crippen molar-refractivity contribution in [2.45, 2.75) is 58.2 Å². The summed E-state index contributed by atoms with van der Waals surface area (Å²) in [5.41, 5.74) is 1.05. The second-order valence-corrected chi connectivity index (χ2v) is 13.9. The second kappa shape index (κ2) is 9.28. The predicted molar refractivity (Wildman–Crippen MR) is 111 cm³/mol. The molecule has 1 aromatic carbocycles. The standard InChI is InChI=1S/C19H29IO4Si/c1-19(2,3)25(4,5)24-13-12-16(18(22)23)17(21)11-8-14-6-9-15(20)10-7-14/h6-7,9-10,16H,8,11-13H2,1-5H3,(H,22,23). The fraction of sp³-hybridized carbons (Fsp3) is 0.579. The van der Waals surface area contributed by atoms with Gasteiger partial charge in [0.1, 0.15) is 11.7 Å². The third-order valence-electron chi connectivity index (χ3n) is 4.94. The van der Waals surface area contributed by atoms with Crippen LogP contribution in [0.25, 0.3) is 0 Å². The molecule has 140 valence electrons. The second-order valence-electron chi connectivity index (χ2n) is 7.88. The number of carboxylic acids is 1. The molecule has 0 spiro atoms. The number of aryl methyl sites for hydroxylation is 1. The first-order valence-electron chi connectivity index (χ1n) is 8.58. The quantitative estimate of drug-likeness (QED) is 0.313. The van der Waals surface area contributed by atoms with E-state index in [9.17, 15) is 14.7 Å². The number of Topliss-reactive ketones (excluding diaryl/α,β-unsaturated/α-hetero) is 1. The van der Waals surface area contributed by atoms with Crippen LogP contribution in [0.5, 0.6) is 0 Å². The van der Waals surface area contributed by atoms with E-state index in [2.05, 4.69) is 56.5 Å². The lowest BCUT2D eigenvalue weighted by Gasteiger charge is -2.36. The van der Waals surface area contributed by atoms with Crippen molar-refractivity contribution in [3.05, 3.63) is 33.4 Å². The Kier molecular flexibility index (Phi) is 8.28. The van der Waals surface area contributed by atoms with Crippen molar-refractivity contribution in [1.82, 2.24) is 0 Å². The molecule has 1 atom stereocenters. The van der Waals surface area contributed by atoms with Crippen molar-refractivity contribution in [1.29, 1.82) is 0 Å². The van der Waals surface area contributed by atoms with Crippen LogP contribution in [0, 0.1) is 9.49 Å². The molecule has 4 nitrogen and oxygen atoms in total. The SMILES string of the molecule is CC(C)(C)[Si](C)(C)OCCC(C(=O)O)C(=O)CCc1ccc(I)cc1. The molecule has 0 amide bonds. The van der Waals surface area contributed by atoms with Gasteiger partial charge in [-0.1, -0.05) is 32.9 Å². The van der Waals surface area contributed by atoms with Gasteiger partial charge in [0.2, 0.25) is 0 Å². The molecular weight excluding hydrogens is 447 g/mol. The van der Waals surface area contributed by atoms with Gasteiger partial charge >= 0.3 is 5.97 Å². The lowest BCUT2D eigenvalue weighted by molar-refractivity contribution is -0.146. The maximum atomic E-state index is 12.4. The minimum atomic E-state index is -1.92. The molecule has 0 aliphatic rings. The molecule has 25 heavy (non-hydrogen) atoms. The summed E-state index contributed by atoms with van der Waals surface area (Å²) in [6, 6.07) is 7.93. The molecule has 1 rings (SSSR count). The van der Waals surface area contributed by atoms with E-state index < -0.39 is 20.2 Å². The first-order valence-corrected chi connectivity index (χ1v) is 12.6. The summed E-state index contributed by atoms with van der Waals surface area (Å²) in [5, 5.41) is 9.47. The Balaban J connectivity index is 2.56. The fourth-order valence-corrected chi connectivity index (χ4v) is 3.58. The Labute approximate surface area is 165 Å². The monoisotopic (exact) mass is 476 g/mol. The molecular formula is C19H29IO4Si. The zero-order chi connectivity index (χ0) is 19.3. The third-order valence-corrected chi connectivity index (χ3v) is 10.2. The Hall–Kier alpha value is -0.733. The summed E-state index contributed by atoms with van der Waals surface area (Å²) in [6.07, 6.45) is 1.06. The van der Waals surface area contributed by atoms with Gasteiger partial charge in [0.15, 0.2) is 8.32 Å². The van der Waals surface area contributed by atoms with E-state index in [1.54, 1.807) is 0 Å². The summed E-state index contributed by atoms with van der Waals surface area (Å²) in [4.78, 5) is 23.8. The van der Waals surface area contributed by atoms with Crippen LogP contribution in [-0.2, 0) is 20.4 Å². The first-order chi connectivity index (χ1) is 11.4. The summed E-state index contributed by atoms with van der Waals surface area (Å²) in [6.45, 7) is 11.0. The van der Waals surface area contributed by atoms with Crippen molar-refractivity contribution in [3.63, 3.8) is 0 Å². The van der Waals surface area contributed by atoms with Crippen molar-refractivity contribution in [3.8, 4) is 0 Å². The van der Waals surface area contributed by atoms with Crippen molar-refractivity contribution in [2.75, 3.05) is 6.61 Å². The van der Waals surface area contributed by atoms with Gasteiger partial charge in [-0.3, -0.25) is 9.59 Å². The Morgan fingerprint density at radius 2 is 1.76 bits per heavy atom. The molecule has 1 N–H and O–H groups in total. The van der Waals surface area contributed by atoms with Crippen LogP contribution in [0.15, 0.2) is 24.3 Å². The number of rotatable bonds is 9. The van der Waals surface area contributed by atoms with Gasteiger partial charge in [0.05, 0.1) is 0 Å². The number of carboxylic acid groups (broad SMARTS) is 1. The maximum absolute atomic E-state index is 12.4. The molecule has 0 saturated heterocycles. The largest absolute Gasteiger partial charge is 0.481 e. The smallest absolute Gasteiger partial charge is 0.314 e. The van der Waals surface area contributed by atoms with Crippen LogP contribution in [0.4, 0.5) is 0 Å². The van der Waals surface area contributed by atoms with Crippen LogP contribution in [-0.4, -0.2) is 31.8 Å². The number of hydrogen-bond acceptors (Lipinski definition) is 3. The van der Waals surface area contributed by atoms with Gasteiger partial charge in [0.25, 0.3) is 0 Å². The highest BCUT2D eigenvalue weighted by molar-refractivity contribution is 14.1. The minimum absolute atomic E-state index is 0.0700. The zero-order valence-corrected chi connectivity index (χ0v) is 18.9. The molecule has 0 fully saturated rings. The van der Waals surface area contributed by atoms with Crippen LogP contribution < -0.4 is 0 Å². The Morgan fingerprint density at radius 1 is 1.20 bits per heavy atom. The van der Waals surface area contributed by atoms with Gasteiger partial charge in [-0.2, -0.15) is 0 Å². The molecule has 1 aromatic rings. The van der Waals surface area contributed by atoms with E-state index in [0.717, 1.165) is 9.13 Å². The summed E-state index contributed by atoms with van der Waals surface area (Å²) in [7, 11) is -1.92. The number of aliphatic carboxylic acids is 1. The first kappa shape index (κ1) is 22.3. The molecule has 0 saturated carbocycles. The summed E-state index contributed by atoms with van der Waals surface area (Å²) < 4.78 is 7.16. The zero-order valence-electron chi connectivity index (χ0n) is 15.8. The summed E-state index contributed by atoms with van der Waals surface area (Å²) >= 11 is 2.23. The lowest BCUT2D eigenvalue weighted by atomic mass is 9.95. The highest BCUT2D eigenvalue weighted by atomic mass is 127. The third kappa shape index (κ3) is 7.19. The summed E-state index contributed by atoms with van der Waals surface area (Å²) in [5.74, 6) is -2.25. The topological polar surface area (TPSA) is 63.6 Å². The van der Waals surface area contributed by atoms with Gasteiger partial charge in [-0.05, 0) is 71.3 Å². The van der Waals surface area contributed by atoms with Crippen LogP contribution in [0.1, 0.15) is 39.2 Å². The van der Waals surface area contributed by atoms with Crippen LogP contribution >= 0.6 is 22.6 Å². The number of benzene rings is 1. The molecule has 0 aliphatic heterocycles. The number of carbonyl (C=O) groups is 2. The van der Waals surface area contributed by atoms with Gasteiger partial charge in [-0.25, -0.2) is 0 Å². The minimum Gasteiger partial charge on any atom is -0.481 e. The lowest BCUT2D eigenvalue weighted by Crippen LogP contribution is -2.41. The molecule has 6 heteroatoms. The van der Waals surface area contributed by atoms with Crippen molar-refractivity contribution < 1.29 is 19.1 Å².